The molecule has 2 rings (SSSR count). The Morgan fingerprint density at radius 3 is 2.65 bits per heavy atom. The molecule has 1 unspecified atom stereocenters. The summed E-state index contributed by atoms with van der Waals surface area (Å²) in [7, 11) is 0. The highest BCUT2D eigenvalue weighted by Gasteiger charge is 2.30. The lowest BCUT2D eigenvalue weighted by Crippen LogP contribution is -2.39. The van der Waals surface area contributed by atoms with Crippen LogP contribution in [0.5, 0.6) is 0 Å². The van der Waals surface area contributed by atoms with Gasteiger partial charge in [0.15, 0.2) is 0 Å². The van der Waals surface area contributed by atoms with Gasteiger partial charge in [0, 0.05) is 19.6 Å². The number of likely N-dealkylation sites (tertiary alicyclic amines) is 1. The predicted octanol–water partition coefficient (Wildman–Crippen LogP) is 1.48. The average molecular weight is 280 g/mol. The molecule has 1 atom stereocenters. The van der Waals surface area contributed by atoms with Crippen molar-refractivity contribution in [3.63, 3.8) is 0 Å². The van der Waals surface area contributed by atoms with Crippen LogP contribution >= 0.6 is 0 Å². The van der Waals surface area contributed by atoms with Crippen LogP contribution < -0.4 is 5.32 Å². The monoisotopic (exact) mass is 280 g/mol. The number of rotatable bonds is 4. The molecular formula is C14H17FN2O3. The average Bonchev–Trinajstić information content (AvgIpc) is 2.91. The minimum atomic E-state index is -0.855. The molecule has 0 spiro atoms. The quantitative estimate of drug-likeness (QED) is 0.877. The number of amides is 2. The Hall–Kier alpha value is -2.11. The summed E-state index contributed by atoms with van der Waals surface area (Å²) >= 11 is 0. The topological polar surface area (TPSA) is 69.6 Å². The second kappa shape index (κ2) is 6.36. The van der Waals surface area contributed by atoms with E-state index in [4.69, 9.17) is 5.11 Å². The van der Waals surface area contributed by atoms with Crippen LogP contribution in [0.1, 0.15) is 12.0 Å². The van der Waals surface area contributed by atoms with Crippen LogP contribution in [-0.2, 0) is 11.2 Å². The zero-order chi connectivity index (χ0) is 14.5. The number of carboxylic acid groups (broad SMARTS) is 1. The molecule has 1 aromatic carbocycles. The van der Waals surface area contributed by atoms with E-state index >= 15 is 0 Å². The van der Waals surface area contributed by atoms with Crippen molar-refractivity contribution in [1.82, 2.24) is 10.2 Å². The molecule has 0 bridgehead atoms. The third kappa shape index (κ3) is 3.69. The Balaban J connectivity index is 1.73. The molecule has 2 N–H and O–H groups in total. The second-order valence-electron chi connectivity index (χ2n) is 4.88. The highest BCUT2D eigenvalue weighted by atomic mass is 19.1. The molecule has 2 amide bonds. The molecule has 1 aliphatic heterocycles. The molecule has 0 saturated carbocycles. The maximum absolute atomic E-state index is 12.7. The maximum atomic E-state index is 12.7. The van der Waals surface area contributed by atoms with Gasteiger partial charge < -0.3 is 15.3 Å². The number of carbonyl (C=O) groups excluding carboxylic acids is 1. The first-order chi connectivity index (χ1) is 9.56. The van der Waals surface area contributed by atoms with Gasteiger partial charge in [-0.1, -0.05) is 12.1 Å². The Morgan fingerprint density at radius 2 is 2.05 bits per heavy atom. The molecule has 108 valence electrons. The number of carbonyl (C=O) groups is 2. The number of aliphatic carboxylic acids is 1. The molecule has 1 aliphatic rings. The maximum Gasteiger partial charge on any atom is 0.317 e. The molecule has 1 fully saturated rings. The van der Waals surface area contributed by atoms with E-state index in [-0.39, 0.29) is 18.4 Å². The fourth-order valence-electron chi connectivity index (χ4n) is 2.22. The molecule has 0 radical (unpaired) electrons. The largest absolute Gasteiger partial charge is 0.481 e. The molecule has 1 heterocycles. The van der Waals surface area contributed by atoms with Gasteiger partial charge in [0.2, 0.25) is 0 Å². The van der Waals surface area contributed by atoms with Gasteiger partial charge in [0.1, 0.15) is 5.82 Å². The van der Waals surface area contributed by atoms with E-state index in [2.05, 4.69) is 5.32 Å². The Morgan fingerprint density at radius 1 is 1.35 bits per heavy atom. The normalized spacial score (nSPS) is 18.1. The molecule has 0 aliphatic carbocycles. The zero-order valence-corrected chi connectivity index (χ0v) is 11.0. The number of carboxylic acids is 1. The summed E-state index contributed by atoms with van der Waals surface area (Å²) in [5.74, 6) is -1.60. The van der Waals surface area contributed by atoms with E-state index in [1.807, 2.05) is 0 Å². The Kier molecular flexibility index (Phi) is 4.55. The lowest BCUT2D eigenvalue weighted by Gasteiger charge is -2.16. The Bertz CT molecular complexity index is 490. The third-order valence-electron chi connectivity index (χ3n) is 3.43. The van der Waals surface area contributed by atoms with Gasteiger partial charge in [-0.25, -0.2) is 9.18 Å². The van der Waals surface area contributed by atoms with Crippen LogP contribution in [0.25, 0.3) is 0 Å². The predicted molar refractivity (Wildman–Crippen MR) is 70.8 cm³/mol. The van der Waals surface area contributed by atoms with Gasteiger partial charge in [-0.2, -0.15) is 0 Å². The van der Waals surface area contributed by atoms with E-state index < -0.39 is 11.9 Å². The summed E-state index contributed by atoms with van der Waals surface area (Å²) in [5, 5.41) is 11.6. The number of nitrogens with zero attached hydrogens (tertiary/aromatic N) is 1. The van der Waals surface area contributed by atoms with E-state index in [1.54, 1.807) is 12.1 Å². The summed E-state index contributed by atoms with van der Waals surface area (Å²) in [6.45, 7) is 1.18. The summed E-state index contributed by atoms with van der Waals surface area (Å²) in [6, 6.07) is 5.88. The number of halogens is 1. The summed E-state index contributed by atoms with van der Waals surface area (Å²) in [6.07, 6.45) is 1.11. The van der Waals surface area contributed by atoms with Crippen molar-refractivity contribution in [1.29, 1.82) is 0 Å². The van der Waals surface area contributed by atoms with Crippen LogP contribution in [0.4, 0.5) is 9.18 Å². The van der Waals surface area contributed by atoms with Gasteiger partial charge in [-0.05, 0) is 30.5 Å². The van der Waals surface area contributed by atoms with Gasteiger partial charge >= 0.3 is 12.0 Å². The van der Waals surface area contributed by atoms with Crippen LogP contribution in [-0.4, -0.2) is 41.6 Å². The van der Waals surface area contributed by atoms with Crippen LogP contribution in [0.3, 0.4) is 0 Å². The Labute approximate surface area is 116 Å². The van der Waals surface area contributed by atoms with Crippen LogP contribution in [0.15, 0.2) is 24.3 Å². The first kappa shape index (κ1) is 14.3. The minimum Gasteiger partial charge on any atom is -0.481 e. The molecule has 6 heteroatoms. The number of urea groups is 1. The minimum absolute atomic E-state index is 0.240. The van der Waals surface area contributed by atoms with Crippen molar-refractivity contribution < 1.29 is 19.1 Å². The standard InChI is InChI=1S/C14H17FN2O3/c15-12-3-1-10(2-4-12)5-7-16-14(20)17-8-6-11(9-17)13(18)19/h1-4,11H,5-9H2,(H,16,20)(H,18,19). The number of nitrogens with one attached hydrogen (secondary N) is 1. The van der Waals surface area contributed by atoms with Crippen molar-refractivity contribution in [2.24, 2.45) is 5.92 Å². The van der Waals surface area contributed by atoms with Crippen molar-refractivity contribution in [3.05, 3.63) is 35.6 Å². The summed E-state index contributed by atoms with van der Waals surface area (Å²) < 4.78 is 12.7. The fraction of sp³-hybridized carbons (Fsp3) is 0.429. The van der Waals surface area contributed by atoms with Crippen molar-refractivity contribution >= 4 is 12.0 Å². The van der Waals surface area contributed by atoms with Gasteiger partial charge in [0.05, 0.1) is 5.92 Å². The van der Waals surface area contributed by atoms with Gasteiger partial charge in [-0.15, -0.1) is 0 Å². The lowest BCUT2D eigenvalue weighted by atomic mass is 10.1. The lowest BCUT2D eigenvalue weighted by molar-refractivity contribution is -0.141. The molecule has 5 nitrogen and oxygen atoms in total. The number of benzene rings is 1. The van der Waals surface area contributed by atoms with E-state index in [0.29, 0.717) is 25.9 Å². The number of hydrogen-bond donors (Lipinski definition) is 2. The molecule has 20 heavy (non-hydrogen) atoms. The highest BCUT2D eigenvalue weighted by Crippen LogP contribution is 2.16. The van der Waals surface area contributed by atoms with Crippen LogP contribution in [0.2, 0.25) is 0 Å². The van der Waals surface area contributed by atoms with E-state index in [0.717, 1.165) is 5.56 Å². The van der Waals surface area contributed by atoms with E-state index in [9.17, 15) is 14.0 Å². The number of hydrogen-bond acceptors (Lipinski definition) is 2. The highest BCUT2D eigenvalue weighted by molar-refractivity contribution is 5.77. The van der Waals surface area contributed by atoms with Crippen molar-refractivity contribution in [3.8, 4) is 0 Å². The summed E-state index contributed by atoms with van der Waals surface area (Å²) in [5.41, 5.74) is 0.941. The smallest absolute Gasteiger partial charge is 0.317 e. The van der Waals surface area contributed by atoms with Gasteiger partial charge in [-0.3, -0.25) is 4.79 Å². The van der Waals surface area contributed by atoms with Crippen molar-refractivity contribution in [2.75, 3.05) is 19.6 Å². The molecule has 1 saturated heterocycles. The SMILES string of the molecule is O=C(O)C1CCN(C(=O)NCCc2ccc(F)cc2)C1. The zero-order valence-electron chi connectivity index (χ0n) is 11.0. The van der Waals surface area contributed by atoms with Crippen LogP contribution in [0, 0.1) is 11.7 Å². The molecule has 0 aromatic heterocycles. The second-order valence-corrected chi connectivity index (χ2v) is 4.88. The fourth-order valence-corrected chi connectivity index (χ4v) is 2.22. The van der Waals surface area contributed by atoms with E-state index in [1.165, 1.54) is 17.0 Å². The third-order valence-corrected chi connectivity index (χ3v) is 3.43. The van der Waals surface area contributed by atoms with Gasteiger partial charge in [0.25, 0.3) is 0 Å². The molecular weight excluding hydrogens is 263 g/mol. The summed E-state index contributed by atoms with van der Waals surface area (Å²) in [4.78, 5) is 24.1. The van der Waals surface area contributed by atoms with Crippen molar-refractivity contribution in [2.45, 2.75) is 12.8 Å². The molecule has 1 aromatic rings. The first-order valence-corrected chi connectivity index (χ1v) is 6.56. The first-order valence-electron chi connectivity index (χ1n) is 6.56.